The van der Waals surface area contributed by atoms with Crippen LogP contribution in [0.4, 0.5) is 10.2 Å². The van der Waals surface area contributed by atoms with Gasteiger partial charge in [-0.05, 0) is 24.3 Å². The minimum absolute atomic E-state index is 0.130. The first-order valence-electron chi connectivity index (χ1n) is 6.05. The molecular weight excluding hydrogens is 257 g/mol. The molecule has 4 nitrogen and oxygen atoms in total. The quantitative estimate of drug-likeness (QED) is 0.776. The Kier molecular flexibility index (Phi) is 2.95. The van der Waals surface area contributed by atoms with Crippen LogP contribution in [-0.4, -0.2) is 17.1 Å². The normalized spacial score (nSPS) is 10.7. The fourth-order valence-electron chi connectivity index (χ4n) is 2.06. The molecule has 3 aromatic rings. The van der Waals surface area contributed by atoms with E-state index in [2.05, 4.69) is 9.97 Å². The van der Waals surface area contributed by atoms with Gasteiger partial charge in [0, 0.05) is 5.56 Å². The predicted octanol–water partition coefficient (Wildman–Crippen LogP) is 3.03. The Morgan fingerprint density at radius 3 is 2.70 bits per heavy atom. The van der Waals surface area contributed by atoms with Gasteiger partial charge in [0.25, 0.3) is 0 Å². The molecule has 0 amide bonds. The molecule has 0 aliphatic heterocycles. The second kappa shape index (κ2) is 4.77. The van der Waals surface area contributed by atoms with Crippen LogP contribution in [0.15, 0.2) is 42.5 Å². The van der Waals surface area contributed by atoms with E-state index in [0.717, 1.165) is 5.56 Å². The first kappa shape index (κ1) is 12.3. The van der Waals surface area contributed by atoms with Gasteiger partial charge in [0.2, 0.25) is 0 Å². The van der Waals surface area contributed by atoms with Gasteiger partial charge in [-0.15, -0.1) is 0 Å². The van der Waals surface area contributed by atoms with Gasteiger partial charge in [0.15, 0.2) is 5.82 Å². The van der Waals surface area contributed by atoms with Gasteiger partial charge >= 0.3 is 0 Å². The van der Waals surface area contributed by atoms with Crippen molar-refractivity contribution in [1.82, 2.24) is 9.97 Å². The first-order valence-corrected chi connectivity index (χ1v) is 6.05. The van der Waals surface area contributed by atoms with Gasteiger partial charge < -0.3 is 10.5 Å². The van der Waals surface area contributed by atoms with Crippen molar-refractivity contribution in [2.45, 2.75) is 0 Å². The molecule has 3 rings (SSSR count). The fraction of sp³-hybridized carbons (Fsp3) is 0.0667. The van der Waals surface area contributed by atoms with Crippen LogP contribution in [0.5, 0.6) is 5.75 Å². The standard InChI is InChI=1S/C15H12FN3O/c1-20-10-5-2-4-9(8-10)15-18-12-7-3-6-11(16)13(12)14(17)19-15/h2-8H,1H3,(H2,17,18,19). The Hall–Kier alpha value is -2.69. The molecule has 20 heavy (non-hydrogen) atoms. The van der Waals surface area contributed by atoms with Crippen LogP contribution >= 0.6 is 0 Å². The maximum atomic E-state index is 13.7. The molecule has 0 fully saturated rings. The van der Waals surface area contributed by atoms with Crippen molar-refractivity contribution in [3.8, 4) is 17.1 Å². The summed E-state index contributed by atoms with van der Waals surface area (Å²) in [7, 11) is 1.59. The van der Waals surface area contributed by atoms with Gasteiger partial charge in [0.05, 0.1) is 18.0 Å². The molecule has 1 heterocycles. The van der Waals surface area contributed by atoms with Gasteiger partial charge in [-0.3, -0.25) is 0 Å². The summed E-state index contributed by atoms with van der Waals surface area (Å²) in [4.78, 5) is 8.53. The average Bonchev–Trinajstić information content (AvgIpc) is 2.47. The molecule has 0 bridgehead atoms. The smallest absolute Gasteiger partial charge is 0.162 e. The van der Waals surface area contributed by atoms with Gasteiger partial charge in [-0.2, -0.15) is 0 Å². The van der Waals surface area contributed by atoms with Crippen molar-refractivity contribution in [3.05, 3.63) is 48.3 Å². The Morgan fingerprint density at radius 1 is 1.10 bits per heavy atom. The van der Waals surface area contributed by atoms with Gasteiger partial charge in [-0.1, -0.05) is 18.2 Å². The molecule has 0 atom stereocenters. The molecule has 2 aromatic carbocycles. The monoisotopic (exact) mass is 269 g/mol. The van der Waals surface area contributed by atoms with Crippen molar-refractivity contribution in [3.63, 3.8) is 0 Å². The largest absolute Gasteiger partial charge is 0.497 e. The number of benzene rings is 2. The number of nitrogen functional groups attached to an aromatic ring is 1. The molecule has 0 saturated heterocycles. The highest BCUT2D eigenvalue weighted by molar-refractivity contribution is 5.90. The summed E-state index contributed by atoms with van der Waals surface area (Å²) in [5.41, 5.74) is 7.09. The lowest BCUT2D eigenvalue weighted by atomic mass is 10.1. The molecule has 100 valence electrons. The second-order valence-electron chi connectivity index (χ2n) is 4.30. The van der Waals surface area contributed by atoms with Crippen LogP contribution < -0.4 is 10.5 Å². The summed E-state index contributed by atoms with van der Waals surface area (Å²) in [6, 6.07) is 12.0. The zero-order valence-electron chi connectivity index (χ0n) is 10.8. The summed E-state index contributed by atoms with van der Waals surface area (Å²) in [6.45, 7) is 0. The van der Waals surface area contributed by atoms with Crippen LogP contribution in [0, 0.1) is 5.82 Å². The Balaban J connectivity index is 2.22. The molecule has 1 aromatic heterocycles. The highest BCUT2D eigenvalue weighted by Gasteiger charge is 2.11. The highest BCUT2D eigenvalue weighted by Crippen LogP contribution is 2.26. The number of ether oxygens (including phenoxy) is 1. The van der Waals surface area contributed by atoms with Gasteiger partial charge in [0.1, 0.15) is 17.4 Å². The van der Waals surface area contributed by atoms with E-state index in [1.807, 2.05) is 18.2 Å². The number of methoxy groups -OCH3 is 1. The zero-order valence-corrected chi connectivity index (χ0v) is 10.8. The maximum Gasteiger partial charge on any atom is 0.162 e. The molecule has 0 saturated carbocycles. The lowest BCUT2D eigenvalue weighted by Gasteiger charge is -2.07. The molecule has 0 aliphatic carbocycles. The van der Waals surface area contributed by atoms with Gasteiger partial charge in [-0.25, -0.2) is 14.4 Å². The van der Waals surface area contributed by atoms with Crippen molar-refractivity contribution in [2.24, 2.45) is 0 Å². The SMILES string of the molecule is COc1cccc(-c2nc(N)c3c(F)cccc3n2)c1. The number of fused-ring (bicyclic) bond motifs is 1. The third kappa shape index (κ3) is 2.03. The van der Waals surface area contributed by atoms with E-state index in [0.29, 0.717) is 17.1 Å². The van der Waals surface area contributed by atoms with E-state index >= 15 is 0 Å². The van der Waals surface area contributed by atoms with E-state index < -0.39 is 5.82 Å². The van der Waals surface area contributed by atoms with Crippen molar-refractivity contribution < 1.29 is 9.13 Å². The number of anilines is 1. The molecular formula is C15H12FN3O. The molecule has 0 spiro atoms. The van der Waals surface area contributed by atoms with E-state index in [1.165, 1.54) is 6.07 Å². The Labute approximate surface area is 115 Å². The van der Waals surface area contributed by atoms with E-state index in [9.17, 15) is 4.39 Å². The predicted molar refractivity (Wildman–Crippen MR) is 75.9 cm³/mol. The third-order valence-electron chi connectivity index (χ3n) is 3.03. The maximum absolute atomic E-state index is 13.7. The number of halogens is 1. The number of nitrogens with two attached hydrogens (primary N) is 1. The summed E-state index contributed by atoms with van der Waals surface area (Å²) in [5.74, 6) is 0.853. The number of nitrogens with zero attached hydrogens (tertiary/aromatic N) is 2. The van der Waals surface area contributed by atoms with Crippen molar-refractivity contribution >= 4 is 16.7 Å². The minimum Gasteiger partial charge on any atom is -0.497 e. The summed E-state index contributed by atoms with van der Waals surface area (Å²) >= 11 is 0. The van der Waals surface area contributed by atoms with Crippen LogP contribution in [0.3, 0.4) is 0 Å². The zero-order chi connectivity index (χ0) is 14.1. The van der Waals surface area contributed by atoms with Crippen LogP contribution in [0.2, 0.25) is 0 Å². The average molecular weight is 269 g/mol. The van der Waals surface area contributed by atoms with E-state index in [1.54, 1.807) is 25.3 Å². The molecule has 0 radical (unpaired) electrons. The third-order valence-corrected chi connectivity index (χ3v) is 3.03. The molecule has 0 unspecified atom stereocenters. The lowest BCUT2D eigenvalue weighted by molar-refractivity contribution is 0.415. The topological polar surface area (TPSA) is 61.0 Å². The second-order valence-corrected chi connectivity index (χ2v) is 4.30. The number of hydrogen-bond acceptors (Lipinski definition) is 4. The lowest BCUT2D eigenvalue weighted by Crippen LogP contribution is -1.99. The number of aromatic nitrogens is 2. The van der Waals surface area contributed by atoms with E-state index in [4.69, 9.17) is 10.5 Å². The van der Waals surface area contributed by atoms with Crippen molar-refractivity contribution in [2.75, 3.05) is 12.8 Å². The van der Waals surface area contributed by atoms with E-state index in [-0.39, 0.29) is 11.2 Å². The Bertz CT molecular complexity index is 789. The molecule has 2 N–H and O–H groups in total. The van der Waals surface area contributed by atoms with Crippen molar-refractivity contribution in [1.29, 1.82) is 0 Å². The summed E-state index contributed by atoms with van der Waals surface area (Å²) < 4.78 is 18.9. The number of rotatable bonds is 2. The van der Waals surface area contributed by atoms with Crippen LogP contribution in [-0.2, 0) is 0 Å². The molecule has 5 heteroatoms. The van der Waals surface area contributed by atoms with Crippen LogP contribution in [0.1, 0.15) is 0 Å². The van der Waals surface area contributed by atoms with Crippen LogP contribution in [0.25, 0.3) is 22.3 Å². The highest BCUT2D eigenvalue weighted by atomic mass is 19.1. The summed E-state index contributed by atoms with van der Waals surface area (Å²) in [5, 5.41) is 0.249. The first-order chi connectivity index (χ1) is 9.69. The fourth-order valence-corrected chi connectivity index (χ4v) is 2.06. The number of hydrogen-bond donors (Lipinski definition) is 1. The Morgan fingerprint density at radius 2 is 1.90 bits per heavy atom. The summed E-state index contributed by atoms with van der Waals surface area (Å²) in [6.07, 6.45) is 0. The molecule has 0 aliphatic rings. The minimum atomic E-state index is -0.419.